The van der Waals surface area contributed by atoms with Crippen LogP contribution in [0.5, 0.6) is 0 Å². The lowest BCUT2D eigenvalue weighted by Gasteiger charge is -2.34. The molecule has 29 heavy (non-hydrogen) atoms. The average molecular weight is 477 g/mol. The summed E-state index contributed by atoms with van der Waals surface area (Å²) in [5, 5.41) is 0. The van der Waals surface area contributed by atoms with E-state index in [4.69, 9.17) is 4.74 Å². The van der Waals surface area contributed by atoms with Gasteiger partial charge in [0.1, 0.15) is 0 Å². The van der Waals surface area contributed by atoms with Gasteiger partial charge in [-0.05, 0) is 12.8 Å². The summed E-state index contributed by atoms with van der Waals surface area (Å²) in [6.07, 6.45) is 23.4. The normalized spacial score (nSPS) is 12.3. The minimum atomic E-state index is -0.328. The summed E-state index contributed by atoms with van der Waals surface area (Å²) < 4.78 is 6.08. The Morgan fingerprint density at radius 2 is 1.14 bits per heavy atom. The molecule has 1 atom stereocenters. The molecule has 0 rings (SSSR count). The first-order chi connectivity index (χ1) is 13.4. The van der Waals surface area contributed by atoms with Crippen LogP contribution in [0.3, 0.4) is 0 Å². The molecule has 0 aliphatic carbocycles. The van der Waals surface area contributed by atoms with Gasteiger partial charge in [-0.3, -0.25) is 4.48 Å². The highest BCUT2D eigenvalue weighted by atomic mass is 79.9. The van der Waals surface area contributed by atoms with Gasteiger partial charge in [-0.1, -0.05) is 103 Å². The highest BCUT2D eigenvalue weighted by Gasteiger charge is 2.25. The second kappa shape index (κ2) is 20.9. The van der Waals surface area contributed by atoms with Crippen molar-refractivity contribution in [3.63, 3.8) is 0 Å². The Kier molecular flexibility index (Phi) is 22.2. The largest absolute Gasteiger partial charge is 1.00 e. The van der Waals surface area contributed by atoms with Crippen LogP contribution in [0, 0.1) is 0 Å². The number of halogens is 1. The minimum absolute atomic E-state index is 0. The first-order valence-corrected chi connectivity index (χ1v) is 12.1. The fourth-order valence-electron chi connectivity index (χ4n) is 3.61. The van der Waals surface area contributed by atoms with Gasteiger partial charge in [0.25, 0.3) is 0 Å². The number of quaternary nitrogens is 1. The van der Waals surface area contributed by atoms with Crippen LogP contribution in [-0.2, 0) is 9.53 Å². The standard InChI is InChI=1S/C25H50NO2.BrH/c1-6-8-9-10-11-12-13-14-15-16-17-18-19-20-21-22-23-26(4,5)24(3)28-25(27)7-2;/h7,24H,2,6,8-23H2,1,3-5H3;1H/q+1;/p-1. The van der Waals surface area contributed by atoms with E-state index in [1.807, 2.05) is 6.92 Å². The lowest BCUT2D eigenvalue weighted by atomic mass is 10.0. The summed E-state index contributed by atoms with van der Waals surface area (Å²) in [6, 6.07) is 0. The maximum atomic E-state index is 11.3. The number of unbranched alkanes of at least 4 members (excludes halogenated alkanes) is 15. The molecule has 0 saturated carbocycles. The Labute approximate surface area is 193 Å². The van der Waals surface area contributed by atoms with Crippen molar-refractivity contribution in [3.8, 4) is 0 Å². The van der Waals surface area contributed by atoms with Gasteiger partial charge in [-0.2, -0.15) is 0 Å². The number of carbonyl (C=O) groups is 1. The number of hydrogen-bond acceptors (Lipinski definition) is 2. The third-order valence-corrected chi connectivity index (χ3v) is 6.03. The van der Waals surface area contributed by atoms with E-state index in [2.05, 4.69) is 27.6 Å². The zero-order valence-corrected chi connectivity index (χ0v) is 21.6. The summed E-state index contributed by atoms with van der Waals surface area (Å²) in [5.74, 6) is -0.328. The second-order valence-corrected chi connectivity index (χ2v) is 9.05. The molecule has 4 heteroatoms. The summed E-state index contributed by atoms with van der Waals surface area (Å²) in [7, 11) is 4.26. The van der Waals surface area contributed by atoms with E-state index >= 15 is 0 Å². The Morgan fingerprint density at radius 3 is 1.48 bits per heavy atom. The molecule has 174 valence electrons. The van der Waals surface area contributed by atoms with Gasteiger partial charge in [0.2, 0.25) is 6.23 Å². The molecule has 0 aromatic rings. The molecule has 0 aliphatic rings. The van der Waals surface area contributed by atoms with Crippen molar-refractivity contribution >= 4 is 5.97 Å². The van der Waals surface area contributed by atoms with Crippen LogP contribution in [-0.4, -0.2) is 37.3 Å². The summed E-state index contributed by atoms with van der Waals surface area (Å²) in [4.78, 5) is 11.3. The molecular weight excluding hydrogens is 426 g/mol. The predicted octanol–water partition coefficient (Wildman–Crippen LogP) is 4.40. The second-order valence-electron chi connectivity index (χ2n) is 9.05. The van der Waals surface area contributed by atoms with E-state index in [0.29, 0.717) is 0 Å². The molecule has 0 amide bonds. The predicted molar refractivity (Wildman–Crippen MR) is 122 cm³/mol. The van der Waals surface area contributed by atoms with Crippen LogP contribution >= 0.6 is 0 Å². The maximum absolute atomic E-state index is 11.3. The van der Waals surface area contributed by atoms with Gasteiger partial charge in [0.05, 0.1) is 20.6 Å². The smallest absolute Gasteiger partial charge is 0.334 e. The molecule has 0 aromatic carbocycles. The Morgan fingerprint density at radius 1 is 0.793 bits per heavy atom. The zero-order chi connectivity index (χ0) is 21.1. The molecule has 0 N–H and O–H groups in total. The van der Waals surface area contributed by atoms with Gasteiger partial charge in [0, 0.05) is 13.0 Å². The van der Waals surface area contributed by atoms with E-state index in [9.17, 15) is 4.79 Å². The van der Waals surface area contributed by atoms with Gasteiger partial charge < -0.3 is 21.7 Å². The van der Waals surface area contributed by atoms with Crippen LogP contribution in [0.1, 0.15) is 117 Å². The summed E-state index contributed by atoms with van der Waals surface area (Å²) >= 11 is 0. The third kappa shape index (κ3) is 19.4. The van der Waals surface area contributed by atoms with Crippen molar-refractivity contribution in [2.45, 2.75) is 123 Å². The summed E-state index contributed by atoms with van der Waals surface area (Å²) in [6.45, 7) is 8.76. The van der Waals surface area contributed by atoms with Crippen LogP contribution < -0.4 is 17.0 Å². The average Bonchev–Trinajstić information content (AvgIpc) is 2.67. The van der Waals surface area contributed by atoms with E-state index in [-0.39, 0.29) is 29.2 Å². The molecule has 0 fully saturated rings. The van der Waals surface area contributed by atoms with E-state index in [1.54, 1.807) is 0 Å². The van der Waals surface area contributed by atoms with Crippen molar-refractivity contribution in [2.75, 3.05) is 20.6 Å². The zero-order valence-electron chi connectivity index (χ0n) is 20.0. The van der Waals surface area contributed by atoms with Gasteiger partial charge in [0.15, 0.2) is 0 Å². The Balaban J connectivity index is 0. The molecule has 0 aliphatic heterocycles. The van der Waals surface area contributed by atoms with E-state index in [0.717, 1.165) is 11.0 Å². The first kappa shape index (κ1) is 30.8. The van der Waals surface area contributed by atoms with Gasteiger partial charge in [-0.15, -0.1) is 0 Å². The minimum Gasteiger partial charge on any atom is -1.00 e. The molecule has 0 bridgehead atoms. The van der Waals surface area contributed by atoms with Crippen molar-refractivity contribution in [3.05, 3.63) is 12.7 Å². The highest BCUT2D eigenvalue weighted by Crippen LogP contribution is 2.15. The monoisotopic (exact) mass is 475 g/mol. The van der Waals surface area contributed by atoms with E-state index < -0.39 is 0 Å². The Bertz CT molecular complexity index is 385. The quantitative estimate of drug-likeness (QED) is 0.0856. The third-order valence-electron chi connectivity index (χ3n) is 6.03. The van der Waals surface area contributed by atoms with Crippen LogP contribution in [0.4, 0.5) is 0 Å². The Hall–Kier alpha value is -0.350. The maximum Gasteiger partial charge on any atom is 0.334 e. The topological polar surface area (TPSA) is 26.3 Å². The fourth-order valence-corrected chi connectivity index (χ4v) is 3.61. The number of carbonyl (C=O) groups excluding carboxylic acids is 1. The molecule has 0 heterocycles. The van der Waals surface area contributed by atoms with Crippen LogP contribution in [0.2, 0.25) is 0 Å². The number of nitrogens with zero attached hydrogens (tertiary/aromatic N) is 1. The van der Waals surface area contributed by atoms with Crippen molar-refractivity contribution < 1.29 is 31.0 Å². The van der Waals surface area contributed by atoms with E-state index in [1.165, 1.54) is 109 Å². The molecule has 0 spiro atoms. The lowest BCUT2D eigenvalue weighted by Crippen LogP contribution is -3.00. The van der Waals surface area contributed by atoms with Crippen molar-refractivity contribution in [1.82, 2.24) is 0 Å². The fraction of sp³-hybridized carbons (Fsp3) is 0.880. The number of esters is 1. The molecule has 0 saturated heterocycles. The van der Waals surface area contributed by atoms with Crippen molar-refractivity contribution in [2.24, 2.45) is 0 Å². The lowest BCUT2D eigenvalue weighted by molar-refractivity contribution is -0.932. The number of ether oxygens (including phenoxy) is 1. The van der Waals surface area contributed by atoms with Gasteiger partial charge in [-0.25, -0.2) is 4.79 Å². The molecule has 1 unspecified atom stereocenters. The first-order valence-electron chi connectivity index (χ1n) is 12.1. The van der Waals surface area contributed by atoms with Gasteiger partial charge >= 0.3 is 5.97 Å². The van der Waals surface area contributed by atoms with Crippen LogP contribution in [0.15, 0.2) is 12.7 Å². The van der Waals surface area contributed by atoms with Crippen LogP contribution in [0.25, 0.3) is 0 Å². The molecule has 0 aromatic heterocycles. The molecule has 0 radical (unpaired) electrons. The number of hydrogen-bond donors (Lipinski definition) is 0. The molecule has 3 nitrogen and oxygen atoms in total. The SMILES string of the molecule is C=CC(=O)OC(C)[N+](C)(C)CCCCCCCCCCCCCCCCCC.[Br-]. The van der Waals surface area contributed by atoms with Crippen molar-refractivity contribution in [1.29, 1.82) is 0 Å². The highest BCUT2D eigenvalue weighted by molar-refractivity contribution is 5.81. The molecular formula is C25H50BrNO2. The number of rotatable bonds is 20. The summed E-state index contributed by atoms with van der Waals surface area (Å²) in [5.41, 5.74) is 0.